The number of aliphatic hydroxyl groups is 1. The topological polar surface area (TPSA) is 78.4 Å². The first-order chi connectivity index (χ1) is 14.7. The number of nitrogens with zero attached hydrogens (tertiary/aromatic N) is 2. The zero-order chi connectivity index (χ0) is 21.2. The van der Waals surface area contributed by atoms with Crippen molar-refractivity contribution in [3.63, 3.8) is 0 Å². The number of aliphatic hydroxyl groups excluding tert-OH is 1. The van der Waals surface area contributed by atoms with E-state index in [0.29, 0.717) is 6.61 Å². The van der Waals surface area contributed by atoms with Crippen LogP contribution in [0.4, 0.5) is 0 Å². The molecule has 2 atom stereocenters. The first kappa shape index (κ1) is 26.2. The molecule has 1 aromatic rings. The fourth-order valence-corrected chi connectivity index (χ4v) is 4.51. The van der Waals surface area contributed by atoms with E-state index in [1.807, 2.05) is 19.2 Å². The Labute approximate surface area is 204 Å². The summed E-state index contributed by atoms with van der Waals surface area (Å²) < 4.78 is 10.9. The third-order valence-electron chi connectivity index (χ3n) is 6.48. The molecule has 2 saturated heterocycles. The standard InChI is InChI=1S/C23H38N4O3.HI/c1-24-22(26-17-23(10-14-28)11-15-30-18-23)25-16-21(27-12-4-3-5-13-27)19-6-8-20(29-2)9-7-19;/h6-9,21,28H,3-5,10-18H2,1-2H3,(H2,24,25,26);1H. The summed E-state index contributed by atoms with van der Waals surface area (Å²) in [6.45, 7) is 5.44. The first-order valence-corrected chi connectivity index (χ1v) is 11.2. The second-order valence-electron chi connectivity index (χ2n) is 8.47. The van der Waals surface area contributed by atoms with Crippen LogP contribution in [0, 0.1) is 5.41 Å². The lowest BCUT2D eigenvalue weighted by Crippen LogP contribution is -2.47. The van der Waals surface area contributed by atoms with Gasteiger partial charge in [0.2, 0.25) is 0 Å². The number of benzene rings is 1. The van der Waals surface area contributed by atoms with Crippen LogP contribution in [-0.2, 0) is 4.74 Å². The van der Waals surface area contributed by atoms with Crippen LogP contribution in [0.25, 0.3) is 0 Å². The highest BCUT2D eigenvalue weighted by molar-refractivity contribution is 14.0. The molecule has 0 aromatic heterocycles. The number of halogens is 1. The van der Waals surface area contributed by atoms with Crippen molar-refractivity contribution in [3.8, 4) is 5.75 Å². The van der Waals surface area contributed by atoms with E-state index < -0.39 is 0 Å². The number of nitrogens with one attached hydrogen (secondary N) is 2. The van der Waals surface area contributed by atoms with Crippen LogP contribution < -0.4 is 15.4 Å². The van der Waals surface area contributed by atoms with Gasteiger partial charge >= 0.3 is 0 Å². The number of likely N-dealkylation sites (tertiary alicyclic amines) is 1. The predicted octanol–water partition coefficient (Wildman–Crippen LogP) is 2.79. The number of hydrogen-bond donors (Lipinski definition) is 3. The van der Waals surface area contributed by atoms with Crippen LogP contribution >= 0.6 is 24.0 Å². The molecule has 2 unspecified atom stereocenters. The number of ether oxygens (including phenoxy) is 2. The number of aliphatic imine (C=N–C) groups is 1. The Morgan fingerprint density at radius 3 is 2.55 bits per heavy atom. The Kier molecular flexibility index (Phi) is 11.3. The summed E-state index contributed by atoms with van der Waals surface area (Å²) in [5.74, 6) is 1.68. The van der Waals surface area contributed by atoms with Gasteiger partial charge in [-0.1, -0.05) is 18.6 Å². The molecule has 0 aliphatic carbocycles. The SMILES string of the molecule is CN=C(NCC(c1ccc(OC)cc1)N1CCCCC1)NCC1(CCO)CCOC1.I. The number of hydrogen-bond acceptors (Lipinski definition) is 5. The molecule has 7 nitrogen and oxygen atoms in total. The van der Waals surface area contributed by atoms with Crippen molar-refractivity contribution >= 4 is 29.9 Å². The highest BCUT2D eigenvalue weighted by Crippen LogP contribution is 2.31. The fraction of sp³-hybridized carbons (Fsp3) is 0.696. The summed E-state index contributed by atoms with van der Waals surface area (Å²) in [6.07, 6.45) is 5.54. The first-order valence-electron chi connectivity index (χ1n) is 11.2. The van der Waals surface area contributed by atoms with E-state index in [4.69, 9.17) is 9.47 Å². The zero-order valence-electron chi connectivity index (χ0n) is 18.9. The number of rotatable bonds is 9. The lowest BCUT2D eigenvalue weighted by Gasteiger charge is -2.35. The maximum absolute atomic E-state index is 9.45. The molecule has 2 aliphatic rings. The van der Waals surface area contributed by atoms with Gasteiger partial charge in [0, 0.05) is 38.8 Å². The Hall–Kier alpha value is -1.10. The van der Waals surface area contributed by atoms with E-state index >= 15 is 0 Å². The average molecular weight is 546 g/mol. The molecule has 0 spiro atoms. The maximum Gasteiger partial charge on any atom is 0.191 e. The Balaban J connectivity index is 0.00000341. The third kappa shape index (κ3) is 7.47. The molecule has 3 N–H and O–H groups in total. The van der Waals surface area contributed by atoms with E-state index in [2.05, 4.69) is 32.7 Å². The molecule has 2 aliphatic heterocycles. The molecule has 2 heterocycles. The van der Waals surface area contributed by atoms with Crippen LogP contribution in [0.2, 0.25) is 0 Å². The van der Waals surface area contributed by atoms with Gasteiger partial charge in [-0.05, 0) is 56.5 Å². The second-order valence-corrected chi connectivity index (χ2v) is 8.47. The second kappa shape index (κ2) is 13.4. The van der Waals surface area contributed by atoms with Gasteiger partial charge in [0.15, 0.2) is 5.96 Å². The summed E-state index contributed by atoms with van der Waals surface area (Å²) in [7, 11) is 3.51. The van der Waals surface area contributed by atoms with Gasteiger partial charge in [0.25, 0.3) is 0 Å². The molecule has 0 radical (unpaired) electrons. The van der Waals surface area contributed by atoms with E-state index in [1.165, 1.54) is 24.8 Å². The minimum Gasteiger partial charge on any atom is -0.497 e. The Morgan fingerprint density at radius 2 is 1.97 bits per heavy atom. The van der Waals surface area contributed by atoms with Crippen LogP contribution in [0.5, 0.6) is 5.75 Å². The molecule has 176 valence electrons. The van der Waals surface area contributed by atoms with Gasteiger partial charge < -0.3 is 25.2 Å². The van der Waals surface area contributed by atoms with Crippen molar-refractivity contribution < 1.29 is 14.6 Å². The third-order valence-corrected chi connectivity index (χ3v) is 6.48. The summed E-state index contributed by atoms with van der Waals surface area (Å²) in [6, 6.07) is 8.70. The van der Waals surface area contributed by atoms with Gasteiger partial charge in [0.1, 0.15) is 5.75 Å². The minimum absolute atomic E-state index is 0. The van der Waals surface area contributed by atoms with E-state index in [9.17, 15) is 5.11 Å². The number of guanidine groups is 1. The molecule has 2 fully saturated rings. The van der Waals surface area contributed by atoms with Gasteiger partial charge in [0.05, 0.1) is 19.8 Å². The molecule has 0 amide bonds. The maximum atomic E-state index is 9.45. The van der Waals surface area contributed by atoms with Gasteiger partial charge in [-0.25, -0.2) is 0 Å². The molecule has 0 bridgehead atoms. The van der Waals surface area contributed by atoms with Crippen molar-refractivity contribution in [1.29, 1.82) is 0 Å². The summed E-state index contributed by atoms with van der Waals surface area (Å²) in [4.78, 5) is 7.00. The van der Waals surface area contributed by atoms with Crippen molar-refractivity contribution in [1.82, 2.24) is 15.5 Å². The smallest absolute Gasteiger partial charge is 0.191 e. The average Bonchev–Trinajstić information content (AvgIpc) is 3.26. The highest BCUT2D eigenvalue weighted by Gasteiger charge is 2.34. The monoisotopic (exact) mass is 546 g/mol. The van der Waals surface area contributed by atoms with Crippen molar-refractivity contribution in [2.45, 2.75) is 38.1 Å². The molecule has 31 heavy (non-hydrogen) atoms. The van der Waals surface area contributed by atoms with Crippen LogP contribution in [0.1, 0.15) is 43.7 Å². The molecular formula is C23H39IN4O3. The zero-order valence-corrected chi connectivity index (χ0v) is 21.3. The molecule has 1 aromatic carbocycles. The molecule has 0 saturated carbocycles. The summed E-state index contributed by atoms with van der Waals surface area (Å²) in [5, 5.41) is 16.5. The van der Waals surface area contributed by atoms with E-state index in [-0.39, 0.29) is 42.0 Å². The van der Waals surface area contributed by atoms with Crippen LogP contribution in [0.3, 0.4) is 0 Å². The van der Waals surface area contributed by atoms with Crippen molar-refractivity contribution in [2.75, 3.05) is 60.2 Å². The minimum atomic E-state index is -0.00533. The van der Waals surface area contributed by atoms with Gasteiger partial charge in [-0.15, -0.1) is 24.0 Å². The fourth-order valence-electron chi connectivity index (χ4n) is 4.51. The van der Waals surface area contributed by atoms with Crippen molar-refractivity contribution in [2.24, 2.45) is 10.4 Å². The predicted molar refractivity (Wildman–Crippen MR) is 136 cm³/mol. The van der Waals surface area contributed by atoms with E-state index in [0.717, 1.165) is 57.3 Å². The summed E-state index contributed by atoms with van der Waals surface area (Å²) in [5.41, 5.74) is 1.29. The van der Waals surface area contributed by atoms with Crippen LogP contribution in [0.15, 0.2) is 29.3 Å². The molecule has 8 heteroatoms. The largest absolute Gasteiger partial charge is 0.497 e. The Morgan fingerprint density at radius 1 is 1.23 bits per heavy atom. The summed E-state index contributed by atoms with van der Waals surface area (Å²) >= 11 is 0. The Bertz CT molecular complexity index is 659. The lowest BCUT2D eigenvalue weighted by molar-refractivity contribution is 0.127. The lowest BCUT2D eigenvalue weighted by atomic mass is 9.84. The van der Waals surface area contributed by atoms with E-state index in [1.54, 1.807) is 7.11 Å². The molecular weight excluding hydrogens is 507 g/mol. The van der Waals surface area contributed by atoms with Gasteiger partial charge in [-0.2, -0.15) is 0 Å². The number of piperidine rings is 1. The number of methoxy groups -OCH3 is 1. The quantitative estimate of drug-likeness (QED) is 0.251. The molecule has 3 rings (SSSR count). The van der Waals surface area contributed by atoms with Crippen LogP contribution in [-0.4, -0.2) is 76.1 Å². The normalized spacial score (nSPS) is 23.1. The van der Waals surface area contributed by atoms with Crippen molar-refractivity contribution in [3.05, 3.63) is 29.8 Å². The van der Waals surface area contributed by atoms with Gasteiger partial charge in [-0.3, -0.25) is 9.89 Å². The highest BCUT2D eigenvalue weighted by atomic mass is 127.